The van der Waals surface area contributed by atoms with Crippen molar-refractivity contribution in [1.82, 2.24) is 20.9 Å². The van der Waals surface area contributed by atoms with Crippen LogP contribution in [0.4, 0.5) is 10.2 Å². The zero-order valence-electron chi connectivity index (χ0n) is 16.4. The van der Waals surface area contributed by atoms with Gasteiger partial charge in [0.1, 0.15) is 11.6 Å². The Labute approximate surface area is 162 Å². The van der Waals surface area contributed by atoms with E-state index >= 15 is 0 Å². The van der Waals surface area contributed by atoms with Gasteiger partial charge in [-0.05, 0) is 75.2 Å². The van der Waals surface area contributed by atoms with Crippen LogP contribution < -0.4 is 21.7 Å². The summed E-state index contributed by atoms with van der Waals surface area (Å²) < 4.78 is 12.9. The summed E-state index contributed by atoms with van der Waals surface area (Å²) in [7, 11) is 0. The van der Waals surface area contributed by atoms with Gasteiger partial charge in [0.2, 0.25) is 0 Å². The lowest BCUT2D eigenvalue weighted by molar-refractivity contribution is 0.527. The molecule has 2 aromatic rings. The maximum absolute atomic E-state index is 12.9. The fourth-order valence-corrected chi connectivity index (χ4v) is 3.12. The van der Waals surface area contributed by atoms with E-state index in [1.54, 1.807) is 12.1 Å². The molecule has 1 saturated heterocycles. The van der Waals surface area contributed by atoms with Gasteiger partial charge in [-0.25, -0.2) is 9.37 Å². The fourth-order valence-electron chi connectivity index (χ4n) is 3.12. The smallest absolute Gasteiger partial charge is 0.123 e. The topological polar surface area (TPSA) is 75.0 Å². The van der Waals surface area contributed by atoms with Crippen molar-refractivity contribution in [1.29, 1.82) is 0 Å². The molecule has 0 saturated carbocycles. The van der Waals surface area contributed by atoms with Gasteiger partial charge in [0.15, 0.2) is 0 Å². The van der Waals surface area contributed by atoms with E-state index in [-0.39, 0.29) is 5.82 Å². The van der Waals surface area contributed by atoms with Crippen LogP contribution in [0.15, 0.2) is 36.4 Å². The van der Waals surface area contributed by atoms with Gasteiger partial charge in [-0.15, -0.1) is 0 Å². The second kappa shape index (κ2) is 11.6. The standard InChI is InChI=1S/C14H22FN3.C7H10N2/c15-13-3-1-2-12(10-13)4-6-16-8-9-18-14-5-7-17-11-14;1-5-3-6(2)9-7(8)4-5/h1-3,10,14,16-18H,4-9,11H2;3-4H,1-2H3,(H2,8,9). The van der Waals surface area contributed by atoms with Crippen molar-refractivity contribution in [3.05, 3.63) is 59.0 Å². The SMILES string of the molecule is Cc1cc(C)nc(N)c1.Fc1cccc(CCNCCNC2CCNC2)c1. The Bertz CT molecular complexity index is 636. The summed E-state index contributed by atoms with van der Waals surface area (Å²) in [6.07, 6.45) is 2.10. The molecule has 1 atom stereocenters. The predicted octanol–water partition coefficient (Wildman–Crippen LogP) is 2.19. The molecule has 1 aliphatic rings. The number of benzene rings is 1. The Hall–Kier alpha value is -2.02. The fraction of sp³-hybridized carbons (Fsp3) is 0.476. The maximum atomic E-state index is 12.9. The number of hydrogen-bond donors (Lipinski definition) is 4. The van der Waals surface area contributed by atoms with E-state index in [0.717, 1.165) is 50.4 Å². The molecule has 0 aliphatic carbocycles. The van der Waals surface area contributed by atoms with E-state index in [0.29, 0.717) is 11.9 Å². The molecule has 5 N–H and O–H groups in total. The third kappa shape index (κ3) is 8.95. The first-order valence-electron chi connectivity index (χ1n) is 9.63. The summed E-state index contributed by atoms with van der Waals surface area (Å²) in [4.78, 5) is 4.01. The second-order valence-electron chi connectivity index (χ2n) is 6.98. The third-order valence-corrected chi connectivity index (χ3v) is 4.39. The first-order valence-corrected chi connectivity index (χ1v) is 9.63. The molecule has 0 radical (unpaired) electrons. The Balaban J connectivity index is 0.000000244. The first kappa shape index (κ1) is 21.3. The van der Waals surface area contributed by atoms with Crippen LogP contribution in [0.1, 0.15) is 23.2 Å². The number of aromatic nitrogens is 1. The molecule has 5 nitrogen and oxygen atoms in total. The summed E-state index contributed by atoms with van der Waals surface area (Å²) in [6.45, 7) is 9.01. The summed E-state index contributed by atoms with van der Waals surface area (Å²) in [5, 5.41) is 10.2. The van der Waals surface area contributed by atoms with Gasteiger partial charge in [0.05, 0.1) is 0 Å². The van der Waals surface area contributed by atoms with E-state index in [4.69, 9.17) is 5.73 Å². The molecule has 6 heteroatoms. The molecule has 1 aromatic carbocycles. The van der Waals surface area contributed by atoms with E-state index < -0.39 is 0 Å². The van der Waals surface area contributed by atoms with E-state index in [1.165, 1.54) is 18.1 Å². The number of nitrogens with two attached hydrogens (primary N) is 1. The number of anilines is 1. The lowest BCUT2D eigenvalue weighted by atomic mass is 10.1. The van der Waals surface area contributed by atoms with Crippen molar-refractivity contribution >= 4 is 5.82 Å². The second-order valence-corrected chi connectivity index (χ2v) is 6.98. The first-order chi connectivity index (χ1) is 13.0. The molecule has 1 aliphatic heterocycles. The lowest BCUT2D eigenvalue weighted by Crippen LogP contribution is -2.36. The molecular weight excluding hydrogens is 341 g/mol. The van der Waals surface area contributed by atoms with Crippen molar-refractivity contribution in [3.63, 3.8) is 0 Å². The van der Waals surface area contributed by atoms with Gasteiger partial charge in [-0.1, -0.05) is 12.1 Å². The highest BCUT2D eigenvalue weighted by Crippen LogP contribution is 2.04. The van der Waals surface area contributed by atoms with Crippen molar-refractivity contribution in [2.75, 3.05) is 38.5 Å². The van der Waals surface area contributed by atoms with Crippen molar-refractivity contribution in [3.8, 4) is 0 Å². The summed E-state index contributed by atoms with van der Waals surface area (Å²) in [5.74, 6) is 0.454. The van der Waals surface area contributed by atoms with Crippen LogP contribution in [-0.2, 0) is 6.42 Å². The number of pyridine rings is 1. The number of nitrogen functional groups attached to an aromatic ring is 1. The van der Waals surface area contributed by atoms with Gasteiger partial charge in [-0.3, -0.25) is 0 Å². The Morgan fingerprint density at radius 1 is 1.19 bits per heavy atom. The van der Waals surface area contributed by atoms with Crippen LogP contribution in [0.3, 0.4) is 0 Å². The number of aryl methyl sites for hydroxylation is 2. The van der Waals surface area contributed by atoms with Gasteiger partial charge in [0.25, 0.3) is 0 Å². The summed E-state index contributed by atoms with van der Waals surface area (Å²) >= 11 is 0. The zero-order chi connectivity index (χ0) is 19.5. The highest BCUT2D eigenvalue weighted by molar-refractivity contribution is 5.33. The third-order valence-electron chi connectivity index (χ3n) is 4.39. The van der Waals surface area contributed by atoms with Crippen molar-refractivity contribution in [2.45, 2.75) is 32.7 Å². The number of rotatable bonds is 7. The van der Waals surface area contributed by atoms with E-state index in [9.17, 15) is 4.39 Å². The van der Waals surface area contributed by atoms with E-state index in [2.05, 4.69) is 20.9 Å². The molecule has 2 heterocycles. The van der Waals surface area contributed by atoms with Crippen LogP contribution in [0.25, 0.3) is 0 Å². The minimum Gasteiger partial charge on any atom is -0.384 e. The Morgan fingerprint density at radius 3 is 2.70 bits per heavy atom. The largest absolute Gasteiger partial charge is 0.384 e. The monoisotopic (exact) mass is 373 g/mol. The molecule has 0 bridgehead atoms. The molecule has 27 heavy (non-hydrogen) atoms. The molecule has 0 spiro atoms. The van der Waals surface area contributed by atoms with Crippen LogP contribution in [0, 0.1) is 19.7 Å². The van der Waals surface area contributed by atoms with Gasteiger partial charge in [0, 0.05) is 31.4 Å². The highest BCUT2D eigenvalue weighted by Gasteiger charge is 2.12. The maximum Gasteiger partial charge on any atom is 0.123 e. The average Bonchev–Trinajstić information content (AvgIpc) is 3.11. The molecule has 148 valence electrons. The van der Waals surface area contributed by atoms with Gasteiger partial charge < -0.3 is 21.7 Å². The average molecular weight is 374 g/mol. The van der Waals surface area contributed by atoms with Crippen LogP contribution in [0.5, 0.6) is 0 Å². The molecule has 3 rings (SSSR count). The van der Waals surface area contributed by atoms with Crippen molar-refractivity contribution in [2.24, 2.45) is 0 Å². The van der Waals surface area contributed by atoms with Crippen LogP contribution in [0.2, 0.25) is 0 Å². The molecule has 0 amide bonds. The minimum atomic E-state index is -0.150. The predicted molar refractivity (Wildman–Crippen MR) is 110 cm³/mol. The number of nitrogens with zero attached hydrogens (tertiary/aromatic N) is 1. The molecule has 1 fully saturated rings. The van der Waals surface area contributed by atoms with Gasteiger partial charge in [-0.2, -0.15) is 0 Å². The van der Waals surface area contributed by atoms with E-state index in [1.807, 2.05) is 32.0 Å². The molecular formula is C21H32FN5. The summed E-state index contributed by atoms with van der Waals surface area (Å²) in [6, 6.07) is 11.3. The normalized spacial score (nSPS) is 16.0. The van der Waals surface area contributed by atoms with Crippen LogP contribution >= 0.6 is 0 Å². The minimum absolute atomic E-state index is 0.150. The molecule has 1 unspecified atom stereocenters. The number of nitrogens with one attached hydrogen (secondary N) is 3. The molecule has 1 aromatic heterocycles. The summed E-state index contributed by atoms with van der Waals surface area (Å²) in [5.41, 5.74) is 8.65. The van der Waals surface area contributed by atoms with Gasteiger partial charge >= 0.3 is 0 Å². The Kier molecular flexibility index (Phi) is 9.18. The Morgan fingerprint density at radius 2 is 2.04 bits per heavy atom. The lowest BCUT2D eigenvalue weighted by Gasteiger charge is -2.11. The quantitative estimate of drug-likeness (QED) is 0.560. The highest BCUT2D eigenvalue weighted by atomic mass is 19.1. The van der Waals surface area contributed by atoms with Crippen molar-refractivity contribution < 1.29 is 4.39 Å². The van der Waals surface area contributed by atoms with Crippen LogP contribution in [-0.4, -0.2) is 43.7 Å². The number of hydrogen-bond acceptors (Lipinski definition) is 5. The zero-order valence-corrected chi connectivity index (χ0v) is 16.4. The number of halogens is 1.